The fraction of sp³-hybridized carbons (Fsp3) is 0.314. The molecule has 0 N–H and O–H groups in total. The van der Waals surface area contributed by atoms with Crippen LogP contribution in [0.4, 0.5) is 5.82 Å². The lowest BCUT2D eigenvalue weighted by Crippen LogP contribution is -2.34. The molecule has 4 nitrogen and oxygen atoms in total. The molecule has 1 saturated carbocycles. The van der Waals surface area contributed by atoms with Crippen molar-refractivity contribution in [1.82, 2.24) is 9.47 Å². The maximum atomic E-state index is 10.6. The Morgan fingerprint density at radius 3 is 2.13 bits per heavy atom. The Hall–Kier alpha value is -4.10. The molecule has 6 rings (SSSR count). The second kappa shape index (κ2) is 9.89. The molecule has 3 aromatic carbocycles. The highest BCUT2D eigenvalue weighted by atomic mass is 15.2. The van der Waals surface area contributed by atoms with Crippen LogP contribution in [0.2, 0.25) is 0 Å². The van der Waals surface area contributed by atoms with Crippen molar-refractivity contribution in [2.75, 3.05) is 6.54 Å². The molecular weight excluding hydrogens is 476 g/mol. The molecule has 1 aliphatic carbocycles. The molecule has 4 aromatic rings. The molecule has 1 aromatic heterocycles. The number of fused-ring (bicyclic) bond motifs is 2. The Labute approximate surface area is 232 Å². The van der Waals surface area contributed by atoms with Crippen LogP contribution in [0.3, 0.4) is 0 Å². The van der Waals surface area contributed by atoms with Gasteiger partial charge in [0.05, 0.1) is 12.0 Å². The molecule has 0 spiro atoms. The highest BCUT2D eigenvalue weighted by Gasteiger charge is 2.49. The van der Waals surface area contributed by atoms with E-state index in [2.05, 4.69) is 97.0 Å². The van der Waals surface area contributed by atoms with Crippen LogP contribution in [0.25, 0.3) is 22.4 Å². The van der Waals surface area contributed by atoms with Crippen molar-refractivity contribution in [2.24, 2.45) is 15.8 Å². The zero-order valence-electron chi connectivity index (χ0n) is 23.1. The molecule has 2 fully saturated rings. The van der Waals surface area contributed by atoms with Gasteiger partial charge >= 0.3 is 0 Å². The Bertz CT molecular complexity index is 1530. The Morgan fingerprint density at radius 2 is 1.49 bits per heavy atom. The minimum Gasteiger partial charge on any atom is -0.359 e. The average Bonchev–Trinajstić information content (AvgIpc) is 3.37. The predicted octanol–water partition coefficient (Wildman–Crippen LogP) is 8.30. The van der Waals surface area contributed by atoms with E-state index in [-0.39, 0.29) is 0 Å². The van der Waals surface area contributed by atoms with Gasteiger partial charge in [0.2, 0.25) is 0 Å². The zero-order chi connectivity index (χ0) is 27.0. The van der Waals surface area contributed by atoms with Crippen LogP contribution in [-0.4, -0.2) is 28.4 Å². The number of benzene rings is 3. The summed E-state index contributed by atoms with van der Waals surface area (Å²) in [7, 11) is 0. The van der Waals surface area contributed by atoms with E-state index in [1.807, 2.05) is 36.7 Å². The standard InChI is InChI=1S/C35H36N4/c1-34(2)19-29-20-35(3,23-34)24-38(29)25-37-33-30(21-36)31(27-15-9-5-10-16-27)32(28-17-11-6-12-18-28)39(33)22-26-13-7-4-8-14-26/h4-18,25,29H,19-20,22-24H2,1-3H3/b37-25+. The van der Waals surface area contributed by atoms with Crippen LogP contribution >= 0.6 is 0 Å². The van der Waals surface area contributed by atoms with E-state index in [1.165, 1.54) is 24.8 Å². The van der Waals surface area contributed by atoms with E-state index in [9.17, 15) is 5.26 Å². The second-order valence-corrected chi connectivity index (χ2v) is 12.5. The smallest absolute Gasteiger partial charge is 0.153 e. The normalized spacial score (nSPS) is 21.8. The quantitative estimate of drug-likeness (QED) is 0.193. The number of likely N-dealkylation sites (tertiary alicyclic amines) is 1. The molecule has 0 amide bonds. The summed E-state index contributed by atoms with van der Waals surface area (Å²) in [4.78, 5) is 7.61. The first kappa shape index (κ1) is 25.2. The molecule has 0 radical (unpaired) electrons. The van der Waals surface area contributed by atoms with E-state index < -0.39 is 0 Å². The molecule has 2 heterocycles. The molecule has 1 saturated heterocycles. The Balaban J connectivity index is 1.54. The van der Waals surface area contributed by atoms with E-state index in [4.69, 9.17) is 4.99 Å². The van der Waals surface area contributed by atoms with E-state index in [0.717, 1.165) is 34.7 Å². The largest absolute Gasteiger partial charge is 0.359 e. The molecule has 2 unspecified atom stereocenters. The van der Waals surface area contributed by atoms with Crippen LogP contribution in [0, 0.1) is 22.2 Å². The molecule has 39 heavy (non-hydrogen) atoms. The number of hydrogen-bond acceptors (Lipinski definition) is 2. The molecule has 196 valence electrons. The summed E-state index contributed by atoms with van der Waals surface area (Å²) in [6.45, 7) is 8.87. The highest BCUT2D eigenvalue weighted by Crippen LogP contribution is 2.52. The number of aliphatic imine (C=N–C) groups is 1. The third kappa shape index (κ3) is 4.90. The van der Waals surface area contributed by atoms with Crippen molar-refractivity contribution in [3.63, 3.8) is 0 Å². The molecule has 2 aliphatic rings. The van der Waals surface area contributed by atoms with Gasteiger partial charge in [-0.25, -0.2) is 4.99 Å². The first-order chi connectivity index (χ1) is 18.9. The fourth-order valence-corrected chi connectivity index (χ4v) is 7.32. The van der Waals surface area contributed by atoms with Crippen LogP contribution in [0.5, 0.6) is 0 Å². The van der Waals surface area contributed by atoms with Gasteiger partial charge in [0.1, 0.15) is 11.6 Å². The van der Waals surface area contributed by atoms with Gasteiger partial charge in [0, 0.05) is 24.7 Å². The number of nitrogens with zero attached hydrogens (tertiary/aromatic N) is 4. The van der Waals surface area contributed by atoms with Crippen LogP contribution in [0.1, 0.15) is 51.2 Å². The first-order valence-corrected chi connectivity index (χ1v) is 14.0. The van der Waals surface area contributed by atoms with Gasteiger partial charge in [-0.15, -0.1) is 0 Å². The van der Waals surface area contributed by atoms with Crippen LogP contribution < -0.4 is 0 Å². The lowest BCUT2D eigenvalue weighted by molar-refractivity contribution is 0.133. The number of nitriles is 1. The third-order valence-corrected chi connectivity index (χ3v) is 8.42. The fourth-order valence-electron chi connectivity index (χ4n) is 7.32. The number of hydrogen-bond donors (Lipinski definition) is 0. The topological polar surface area (TPSA) is 44.3 Å². The first-order valence-electron chi connectivity index (χ1n) is 14.0. The molecule has 2 bridgehead atoms. The van der Waals surface area contributed by atoms with Crippen molar-refractivity contribution in [3.8, 4) is 28.5 Å². The average molecular weight is 513 g/mol. The van der Waals surface area contributed by atoms with Crippen molar-refractivity contribution in [3.05, 3.63) is 102 Å². The van der Waals surface area contributed by atoms with Crippen molar-refractivity contribution >= 4 is 12.2 Å². The number of aromatic nitrogens is 1. The lowest BCUT2D eigenvalue weighted by atomic mass is 9.65. The Morgan fingerprint density at radius 1 is 0.872 bits per heavy atom. The molecule has 4 heteroatoms. The van der Waals surface area contributed by atoms with Gasteiger partial charge in [-0.3, -0.25) is 0 Å². The van der Waals surface area contributed by atoms with Crippen molar-refractivity contribution in [1.29, 1.82) is 5.26 Å². The summed E-state index contributed by atoms with van der Waals surface area (Å²) in [5.74, 6) is 0.727. The summed E-state index contributed by atoms with van der Waals surface area (Å²) < 4.78 is 2.25. The van der Waals surface area contributed by atoms with Gasteiger partial charge in [0.15, 0.2) is 5.82 Å². The minimum absolute atomic E-state index is 0.312. The highest BCUT2D eigenvalue weighted by molar-refractivity contribution is 5.91. The van der Waals surface area contributed by atoms with Crippen LogP contribution in [-0.2, 0) is 6.54 Å². The SMILES string of the molecule is CC1(C)CC2CC(C)(CN2/C=N/c2c(C#N)c(-c3ccccc3)c(-c3ccccc3)n2Cc2ccccc2)C1. The molecule has 2 atom stereocenters. The van der Waals surface area contributed by atoms with Crippen LogP contribution in [0.15, 0.2) is 96.0 Å². The second-order valence-electron chi connectivity index (χ2n) is 12.5. The summed E-state index contributed by atoms with van der Waals surface area (Å²) in [6.07, 6.45) is 5.67. The zero-order valence-corrected chi connectivity index (χ0v) is 23.1. The van der Waals surface area contributed by atoms with Crippen molar-refractivity contribution < 1.29 is 0 Å². The minimum atomic E-state index is 0.312. The lowest BCUT2D eigenvalue weighted by Gasteiger charge is -2.39. The van der Waals surface area contributed by atoms with Crippen molar-refractivity contribution in [2.45, 2.75) is 52.6 Å². The maximum absolute atomic E-state index is 10.6. The summed E-state index contributed by atoms with van der Waals surface area (Å²) >= 11 is 0. The van der Waals surface area contributed by atoms with Gasteiger partial charge in [-0.05, 0) is 46.8 Å². The van der Waals surface area contributed by atoms with Gasteiger partial charge < -0.3 is 9.47 Å². The van der Waals surface area contributed by atoms with Gasteiger partial charge in [-0.2, -0.15) is 5.26 Å². The Kier molecular flexibility index (Phi) is 6.39. The molecular formula is C35H36N4. The van der Waals surface area contributed by atoms with E-state index >= 15 is 0 Å². The third-order valence-electron chi connectivity index (χ3n) is 8.42. The predicted molar refractivity (Wildman–Crippen MR) is 160 cm³/mol. The monoisotopic (exact) mass is 512 g/mol. The van der Waals surface area contributed by atoms with Gasteiger partial charge in [-0.1, -0.05) is 112 Å². The maximum Gasteiger partial charge on any atom is 0.153 e. The summed E-state index contributed by atoms with van der Waals surface area (Å²) in [5.41, 5.74) is 6.54. The van der Waals surface area contributed by atoms with Gasteiger partial charge in [0.25, 0.3) is 0 Å². The van der Waals surface area contributed by atoms with E-state index in [1.54, 1.807) is 0 Å². The summed E-state index contributed by atoms with van der Waals surface area (Å²) in [6, 6.07) is 34.2. The molecule has 1 aliphatic heterocycles. The summed E-state index contributed by atoms with van der Waals surface area (Å²) in [5, 5.41) is 10.6. The van der Waals surface area contributed by atoms with E-state index in [0.29, 0.717) is 29.0 Å². The number of rotatable bonds is 6.